The molecular formula is C6H6N2O. The third-order valence-corrected chi connectivity index (χ3v) is 1.24. The molecule has 0 atom stereocenters. The van der Waals surface area contributed by atoms with Crippen LogP contribution in [0.4, 0.5) is 5.69 Å². The summed E-state index contributed by atoms with van der Waals surface area (Å²) in [5, 5.41) is 3.02. The molecule has 0 spiro atoms. The molecular weight excluding hydrogens is 116 g/mol. The van der Waals surface area contributed by atoms with Gasteiger partial charge in [-0.15, -0.1) is 0 Å². The first kappa shape index (κ1) is 4.61. The van der Waals surface area contributed by atoms with Gasteiger partial charge in [0.05, 0.1) is 5.69 Å². The van der Waals surface area contributed by atoms with Crippen molar-refractivity contribution in [3.63, 3.8) is 0 Å². The Balaban J connectivity index is 2.54. The van der Waals surface area contributed by atoms with Gasteiger partial charge < -0.3 is 10.1 Å². The summed E-state index contributed by atoms with van der Waals surface area (Å²) in [6.07, 6.45) is 1.71. The molecule has 46 valence electrons. The van der Waals surface area contributed by atoms with Crippen LogP contribution in [0.1, 0.15) is 0 Å². The lowest BCUT2D eigenvalue weighted by Crippen LogP contribution is -1.96. The monoisotopic (exact) mass is 122 g/mol. The van der Waals surface area contributed by atoms with E-state index in [0.717, 1.165) is 5.69 Å². The molecule has 0 radical (unpaired) electrons. The Morgan fingerprint density at radius 3 is 3.56 bits per heavy atom. The van der Waals surface area contributed by atoms with E-state index in [-0.39, 0.29) is 0 Å². The summed E-state index contributed by atoms with van der Waals surface area (Å²) >= 11 is 0. The molecule has 2 heterocycles. The average Bonchev–Trinajstić information content (AvgIpc) is 2.33. The molecule has 1 N–H and O–H groups in total. The quantitative estimate of drug-likeness (QED) is 0.553. The number of pyridine rings is 1. The van der Waals surface area contributed by atoms with Gasteiger partial charge in [-0.3, -0.25) is 0 Å². The van der Waals surface area contributed by atoms with Crippen LogP contribution in [0.15, 0.2) is 18.3 Å². The number of aromatic nitrogens is 1. The molecule has 0 aromatic carbocycles. The molecule has 3 heteroatoms. The Hall–Kier alpha value is -1.25. The van der Waals surface area contributed by atoms with Gasteiger partial charge in [-0.05, 0) is 12.1 Å². The topological polar surface area (TPSA) is 34.2 Å². The summed E-state index contributed by atoms with van der Waals surface area (Å²) in [5.74, 6) is 0.706. The van der Waals surface area contributed by atoms with E-state index in [1.165, 1.54) is 0 Å². The van der Waals surface area contributed by atoms with Gasteiger partial charge in [-0.2, -0.15) is 0 Å². The molecule has 0 saturated heterocycles. The standard InChI is InChI=1S/C6H6N2O/c1-2-5-6(7-3-1)9-4-8-5/h1-3,8H,4H2. The van der Waals surface area contributed by atoms with Crippen LogP contribution in [-0.2, 0) is 0 Å². The average molecular weight is 122 g/mol. The smallest absolute Gasteiger partial charge is 0.239 e. The van der Waals surface area contributed by atoms with E-state index in [0.29, 0.717) is 12.6 Å². The molecule has 1 aliphatic heterocycles. The summed E-state index contributed by atoms with van der Waals surface area (Å²) < 4.78 is 5.08. The van der Waals surface area contributed by atoms with E-state index in [1.54, 1.807) is 6.20 Å². The van der Waals surface area contributed by atoms with Gasteiger partial charge in [0.15, 0.2) is 6.73 Å². The fourth-order valence-electron chi connectivity index (χ4n) is 0.823. The van der Waals surface area contributed by atoms with Crippen molar-refractivity contribution in [1.82, 2.24) is 4.98 Å². The van der Waals surface area contributed by atoms with E-state index < -0.39 is 0 Å². The first-order valence-corrected chi connectivity index (χ1v) is 2.78. The van der Waals surface area contributed by atoms with Crippen molar-refractivity contribution in [1.29, 1.82) is 0 Å². The van der Waals surface area contributed by atoms with E-state index in [1.807, 2.05) is 12.1 Å². The first-order chi connectivity index (χ1) is 4.47. The van der Waals surface area contributed by atoms with Gasteiger partial charge in [-0.25, -0.2) is 4.98 Å². The number of nitrogens with zero attached hydrogens (tertiary/aromatic N) is 1. The summed E-state index contributed by atoms with van der Waals surface area (Å²) in [6, 6.07) is 3.82. The van der Waals surface area contributed by atoms with Gasteiger partial charge in [0, 0.05) is 6.20 Å². The predicted molar refractivity (Wildman–Crippen MR) is 33.4 cm³/mol. The number of ether oxygens (including phenoxy) is 1. The maximum atomic E-state index is 5.08. The molecule has 0 aliphatic carbocycles. The van der Waals surface area contributed by atoms with Crippen LogP contribution in [-0.4, -0.2) is 11.7 Å². The number of anilines is 1. The SMILES string of the molecule is c1cnc2c(c1)NCO2. The molecule has 1 aliphatic rings. The number of rotatable bonds is 0. The van der Waals surface area contributed by atoms with Crippen molar-refractivity contribution < 1.29 is 4.74 Å². The summed E-state index contributed by atoms with van der Waals surface area (Å²) in [4.78, 5) is 3.97. The van der Waals surface area contributed by atoms with Gasteiger partial charge >= 0.3 is 0 Å². The van der Waals surface area contributed by atoms with Crippen molar-refractivity contribution in [2.24, 2.45) is 0 Å². The molecule has 2 rings (SSSR count). The second-order valence-electron chi connectivity index (χ2n) is 1.82. The minimum Gasteiger partial charge on any atom is -0.455 e. The number of fused-ring (bicyclic) bond motifs is 1. The summed E-state index contributed by atoms with van der Waals surface area (Å²) in [5.41, 5.74) is 0.984. The van der Waals surface area contributed by atoms with Crippen molar-refractivity contribution in [2.75, 3.05) is 12.0 Å². The van der Waals surface area contributed by atoms with Gasteiger partial charge in [0.2, 0.25) is 5.88 Å². The highest BCUT2D eigenvalue weighted by Crippen LogP contribution is 2.24. The van der Waals surface area contributed by atoms with Crippen LogP contribution in [0.3, 0.4) is 0 Å². The lowest BCUT2D eigenvalue weighted by Gasteiger charge is -1.90. The van der Waals surface area contributed by atoms with E-state index in [9.17, 15) is 0 Å². The zero-order chi connectivity index (χ0) is 6.10. The molecule has 1 aromatic rings. The summed E-state index contributed by atoms with van der Waals surface area (Å²) in [7, 11) is 0. The Labute approximate surface area is 52.7 Å². The van der Waals surface area contributed by atoms with Crippen molar-refractivity contribution in [3.05, 3.63) is 18.3 Å². The number of hydrogen-bond acceptors (Lipinski definition) is 3. The van der Waals surface area contributed by atoms with Crippen molar-refractivity contribution in [3.8, 4) is 5.88 Å². The number of hydrogen-bond donors (Lipinski definition) is 1. The zero-order valence-electron chi connectivity index (χ0n) is 4.79. The van der Waals surface area contributed by atoms with Crippen LogP contribution in [0.5, 0.6) is 5.88 Å². The second kappa shape index (κ2) is 1.62. The fraction of sp³-hybridized carbons (Fsp3) is 0.167. The molecule has 0 saturated carbocycles. The third-order valence-electron chi connectivity index (χ3n) is 1.24. The second-order valence-corrected chi connectivity index (χ2v) is 1.82. The van der Waals surface area contributed by atoms with E-state index >= 15 is 0 Å². The minimum absolute atomic E-state index is 0.548. The molecule has 0 amide bonds. The Morgan fingerprint density at radius 1 is 1.67 bits per heavy atom. The largest absolute Gasteiger partial charge is 0.455 e. The van der Waals surface area contributed by atoms with Gasteiger partial charge in [-0.1, -0.05) is 0 Å². The fourth-order valence-corrected chi connectivity index (χ4v) is 0.823. The highest BCUT2D eigenvalue weighted by molar-refractivity contribution is 5.54. The van der Waals surface area contributed by atoms with E-state index in [2.05, 4.69) is 10.3 Å². The molecule has 0 unspecified atom stereocenters. The predicted octanol–water partition coefficient (Wildman–Crippen LogP) is 0.843. The summed E-state index contributed by atoms with van der Waals surface area (Å²) in [6.45, 7) is 0.548. The third kappa shape index (κ3) is 0.614. The van der Waals surface area contributed by atoms with Crippen molar-refractivity contribution in [2.45, 2.75) is 0 Å². The Morgan fingerprint density at radius 2 is 2.67 bits per heavy atom. The Kier molecular flexibility index (Phi) is 0.828. The zero-order valence-corrected chi connectivity index (χ0v) is 4.79. The molecule has 0 bridgehead atoms. The van der Waals surface area contributed by atoms with E-state index in [4.69, 9.17) is 4.74 Å². The molecule has 1 aromatic heterocycles. The maximum Gasteiger partial charge on any atom is 0.239 e. The highest BCUT2D eigenvalue weighted by atomic mass is 16.5. The lowest BCUT2D eigenvalue weighted by atomic mass is 10.4. The normalized spacial score (nSPS) is 13.8. The van der Waals surface area contributed by atoms with Crippen LogP contribution >= 0.6 is 0 Å². The van der Waals surface area contributed by atoms with Gasteiger partial charge in [0.25, 0.3) is 0 Å². The highest BCUT2D eigenvalue weighted by Gasteiger charge is 2.08. The minimum atomic E-state index is 0.548. The first-order valence-electron chi connectivity index (χ1n) is 2.78. The molecule has 0 fully saturated rings. The van der Waals surface area contributed by atoms with Crippen molar-refractivity contribution >= 4 is 5.69 Å². The number of nitrogens with one attached hydrogen (secondary N) is 1. The Bertz CT molecular complexity index is 201. The maximum absolute atomic E-state index is 5.08. The molecule has 9 heavy (non-hydrogen) atoms. The van der Waals surface area contributed by atoms with Gasteiger partial charge in [0.1, 0.15) is 0 Å². The van der Waals surface area contributed by atoms with Crippen LogP contribution < -0.4 is 10.1 Å². The molecule has 3 nitrogen and oxygen atoms in total. The van der Waals surface area contributed by atoms with Crippen LogP contribution in [0.25, 0.3) is 0 Å². The van der Waals surface area contributed by atoms with Crippen LogP contribution in [0.2, 0.25) is 0 Å². The van der Waals surface area contributed by atoms with Crippen LogP contribution in [0, 0.1) is 0 Å². The lowest BCUT2D eigenvalue weighted by molar-refractivity contribution is 0.359.